The molecule has 29 heavy (non-hydrogen) atoms. The van der Waals surface area contributed by atoms with E-state index in [1.807, 2.05) is 0 Å². The van der Waals surface area contributed by atoms with Crippen LogP contribution in [-0.4, -0.2) is 41.3 Å². The average Bonchev–Trinajstić information content (AvgIpc) is 3.26. The van der Waals surface area contributed by atoms with Crippen LogP contribution in [0.1, 0.15) is 48.9 Å². The lowest BCUT2D eigenvalue weighted by molar-refractivity contribution is -0.125. The second-order valence-electron chi connectivity index (χ2n) is 8.20. The van der Waals surface area contributed by atoms with Crippen molar-refractivity contribution in [1.29, 1.82) is 0 Å². The summed E-state index contributed by atoms with van der Waals surface area (Å²) in [5, 5.41) is 3.63. The fourth-order valence-electron chi connectivity index (χ4n) is 4.50. The van der Waals surface area contributed by atoms with Gasteiger partial charge >= 0.3 is 0 Å². The Kier molecular flexibility index (Phi) is 5.65. The maximum absolute atomic E-state index is 13.5. The van der Waals surface area contributed by atoms with Crippen LogP contribution in [0.5, 0.6) is 0 Å². The van der Waals surface area contributed by atoms with Gasteiger partial charge in [-0.25, -0.2) is 4.39 Å². The summed E-state index contributed by atoms with van der Waals surface area (Å²) >= 11 is 0. The van der Waals surface area contributed by atoms with Gasteiger partial charge in [0, 0.05) is 37.0 Å². The number of halogens is 1. The van der Waals surface area contributed by atoms with Gasteiger partial charge in [-0.15, -0.1) is 0 Å². The van der Waals surface area contributed by atoms with E-state index in [4.69, 9.17) is 0 Å². The molecule has 0 unspecified atom stereocenters. The van der Waals surface area contributed by atoms with Crippen molar-refractivity contribution < 1.29 is 14.0 Å². The molecule has 1 aliphatic heterocycles. The van der Waals surface area contributed by atoms with E-state index in [0.29, 0.717) is 42.0 Å². The lowest BCUT2D eigenvalue weighted by atomic mass is 9.95. The van der Waals surface area contributed by atoms with Crippen LogP contribution >= 0.6 is 0 Å². The quantitative estimate of drug-likeness (QED) is 0.829. The monoisotopic (exact) mass is 399 g/mol. The number of hydrogen-bond acceptors (Lipinski definition) is 3. The van der Waals surface area contributed by atoms with E-state index in [0.717, 1.165) is 38.5 Å². The average molecular weight is 399 g/mol. The van der Waals surface area contributed by atoms with Crippen molar-refractivity contribution in [2.75, 3.05) is 19.6 Å². The second kappa shape index (κ2) is 8.35. The number of rotatable bonds is 4. The van der Waals surface area contributed by atoms with Crippen LogP contribution in [0.2, 0.25) is 0 Å². The molecule has 2 amide bonds. The van der Waals surface area contributed by atoms with Gasteiger partial charge in [0.25, 0.3) is 5.91 Å². The second-order valence-corrected chi connectivity index (χ2v) is 8.20. The SMILES string of the molecule is O=C(NCC1CCN(C(=O)c2cc(=O)[nH]c3cc(F)ccc23)CC1)C1CCCC1. The fourth-order valence-corrected chi connectivity index (χ4v) is 4.50. The van der Waals surface area contributed by atoms with Crippen molar-refractivity contribution >= 4 is 22.7 Å². The molecule has 1 saturated carbocycles. The number of benzene rings is 1. The Hall–Kier alpha value is -2.70. The van der Waals surface area contributed by atoms with Gasteiger partial charge in [0.1, 0.15) is 5.82 Å². The molecule has 0 radical (unpaired) electrons. The number of aromatic nitrogens is 1. The standard InChI is InChI=1S/C22H26FN3O3/c23-16-5-6-17-18(12-20(27)25-19(17)11-16)22(29)26-9-7-14(8-10-26)13-24-21(28)15-3-1-2-4-15/h5-6,11-12,14-15H,1-4,7-10,13H2,(H,24,28)(H,25,27). The Morgan fingerprint density at radius 3 is 2.55 bits per heavy atom. The number of amides is 2. The molecule has 4 rings (SSSR count). The number of nitrogens with one attached hydrogen (secondary N) is 2. The molecule has 6 nitrogen and oxygen atoms in total. The number of hydrogen-bond donors (Lipinski definition) is 2. The summed E-state index contributed by atoms with van der Waals surface area (Å²) in [5.41, 5.74) is 0.207. The Labute approximate surface area is 168 Å². The summed E-state index contributed by atoms with van der Waals surface area (Å²) in [6.45, 7) is 1.82. The number of carbonyl (C=O) groups is 2. The van der Waals surface area contributed by atoms with E-state index in [9.17, 15) is 18.8 Å². The van der Waals surface area contributed by atoms with Crippen LogP contribution < -0.4 is 10.9 Å². The molecular weight excluding hydrogens is 373 g/mol. The molecule has 7 heteroatoms. The van der Waals surface area contributed by atoms with Crippen LogP contribution in [0.3, 0.4) is 0 Å². The van der Waals surface area contributed by atoms with Crippen molar-refractivity contribution in [2.45, 2.75) is 38.5 Å². The summed E-state index contributed by atoms with van der Waals surface area (Å²) in [6.07, 6.45) is 5.89. The van der Waals surface area contributed by atoms with Gasteiger partial charge in [-0.2, -0.15) is 0 Å². The summed E-state index contributed by atoms with van der Waals surface area (Å²) in [7, 11) is 0. The topological polar surface area (TPSA) is 82.3 Å². The molecule has 1 aliphatic carbocycles. The summed E-state index contributed by atoms with van der Waals surface area (Å²) in [6, 6.07) is 5.33. The maximum atomic E-state index is 13.5. The fraction of sp³-hybridized carbons (Fsp3) is 0.500. The predicted octanol–water partition coefficient (Wildman–Crippen LogP) is 2.83. The van der Waals surface area contributed by atoms with Gasteiger partial charge in [-0.3, -0.25) is 14.4 Å². The largest absolute Gasteiger partial charge is 0.356 e. The maximum Gasteiger partial charge on any atom is 0.254 e. The zero-order chi connectivity index (χ0) is 20.4. The molecule has 0 atom stereocenters. The molecule has 2 fully saturated rings. The first-order valence-corrected chi connectivity index (χ1v) is 10.4. The Morgan fingerprint density at radius 1 is 1.10 bits per heavy atom. The number of nitrogens with zero attached hydrogens (tertiary/aromatic N) is 1. The lowest BCUT2D eigenvalue weighted by Gasteiger charge is -2.32. The number of pyridine rings is 1. The first-order chi connectivity index (χ1) is 14.0. The van der Waals surface area contributed by atoms with Crippen LogP contribution in [0.15, 0.2) is 29.1 Å². The molecule has 1 aromatic heterocycles. The van der Waals surface area contributed by atoms with E-state index >= 15 is 0 Å². The van der Waals surface area contributed by atoms with Gasteiger partial charge in [0.15, 0.2) is 0 Å². The minimum Gasteiger partial charge on any atom is -0.356 e. The van der Waals surface area contributed by atoms with E-state index < -0.39 is 11.4 Å². The summed E-state index contributed by atoms with van der Waals surface area (Å²) in [5.74, 6) is 0.0305. The first kappa shape index (κ1) is 19.6. The lowest BCUT2D eigenvalue weighted by Crippen LogP contribution is -2.42. The van der Waals surface area contributed by atoms with Crippen molar-refractivity contribution in [3.05, 3.63) is 46.0 Å². The number of likely N-dealkylation sites (tertiary alicyclic amines) is 1. The van der Waals surface area contributed by atoms with Crippen LogP contribution in [0.25, 0.3) is 10.9 Å². The molecule has 154 valence electrons. The third kappa shape index (κ3) is 4.33. The minimum absolute atomic E-state index is 0.170. The molecule has 0 spiro atoms. The van der Waals surface area contributed by atoms with Crippen molar-refractivity contribution in [3.8, 4) is 0 Å². The predicted molar refractivity (Wildman–Crippen MR) is 108 cm³/mol. The summed E-state index contributed by atoms with van der Waals surface area (Å²) in [4.78, 5) is 41.4. The normalized spacial score (nSPS) is 18.3. The third-order valence-corrected chi connectivity index (χ3v) is 6.23. The first-order valence-electron chi connectivity index (χ1n) is 10.4. The van der Waals surface area contributed by atoms with Crippen molar-refractivity contribution in [3.63, 3.8) is 0 Å². The van der Waals surface area contributed by atoms with E-state index in [1.54, 1.807) is 4.90 Å². The number of aromatic amines is 1. The van der Waals surface area contributed by atoms with Gasteiger partial charge in [0.2, 0.25) is 11.5 Å². The molecule has 1 saturated heterocycles. The molecule has 1 aromatic carbocycles. The number of fused-ring (bicyclic) bond motifs is 1. The van der Waals surface area contributed by atoms with Crippen LogP contribution in [-0.2, 0) is 4.79 Å². The third-order valence-electron chi connectivity index (χ3n) is 6.23. The Balaban J connectivity index is 1.37. The highest BCUT2D eigenvalue weighted by Crippen LogP contribution is 2.25. The van der Waals surface area contributed by atoms with Gasteiger partial charge in [0.05, 0.1) is 11.1 Å². The van der Waals surface area contributed by atoms with Gasteiger partial charge in [-0.1, -0.05) is 12.8 Å². The zero-order valence-electron chi connectivity index (χ0n) is 16.4. The highest BCUT2D eigenvalue weighted by atomic mass is 19.1. The van der Waals surface area contributed by atoms with Gasteiger partial charge < -0.3 is 15.2 Å². The zero-order valence-corrected chi connectivity index (χ0v) is 16.4. The number of carbonyl (C=O) groups excluding carboxylic acids is 2. The van der Waals surface area contributed by atoms with Crippen molar-refractivity contribution in [2.24, 2.45) is 11.8 Å². The molecule has 2 N–H and O–H groups in total. The molecule has 0 bridgehead atoms. The minimum atomic E-state index is -0.460. The summed E-state index contributed by atoms with van der Waals surface area (Å²) < 4.78 is 13.5. The molecule has 2 aliphatic rings. The highest BCUT2D eigenvalue weighted by Gasteiger charge is 2.27. The van der Waals surface area contributed by atoms with E-state index in [-0.39, 0.29) is 17.7 Å². The number of piperidine rings is 1. The molecule has 2 heterocycles. The van der Waals surface area contributed by atoms with Gasteiger partial charge in [-0.05, 0) is 49.8 Å². The van der Waals surface area contributed by atoms with Crippen LogP contribution in [0.4, 0.5) is 4.39 Å². The Bertz CT molecular complexity index is 973. The van der Waals surface area contributed by atoms with E-state index in [1.165, 1.54) is 24.3 Å². The van der Waals surface area contributed by atoms with Crippen molar-refractivity contribution in [1.82, 2.24) is 15.2 Å². The van der Waals surface area contributed by atoms with Crippen LogP contribution in [0, 0.1) is 17.7 Å². The highest BCUT2D eigenvalue weighted by molar-refractivity contribution is 6.06. The molecular formula is C22H26FN3O3. The smallest absolute Gasteiger partial charge is 0.254 e. The Morgan fingerprint density at radius 2 is 1.83 bits per heavy atom. The molecule has 2 aromatic rings. The van der Waals surface area contributed by atoms with E-state index in [2.05, 4.69) is 10.3 Å². The number of H-pyrrole nitrogens is 1.